The van der Waals surface area contributed by atoms with Crippen LogP contribution in [-0.4, -0.2) is 38.7 Å². The molecule has 1 saturated heterocycles. The SMILES string of the molecule is CC(C)Oc1ccc(N2CC[C@]3(CC[C@](O)(c4c(Br)nnn4C)CC3)C2=O)cc1. The Bertz CT molecular complexity index is 882. The summed E-state index contributed by atoms with van der Waals surface area (Å²) in [4.78, 5) is 15.2. The van der Waals surface area contributed by atoms with E-state index in [0.717, 1.165) is 17.9 Å². The Hall–Kier alpha value is -1.93. The first-order valence-corrected chi connectivity index (χ1v) is 10.9. The topological polar surface area (TPSA) is 80.5 Å². The van der Waals surface area contributed by atoms with Gasteiger partial charge in [0.15, 0.2) is 4.60 Å². The molecule has 2 heterocycles. The zero-order valence-electron chi connectivity index (χ0n) is 17.1. The Morgan fingerprint density at radius 1 is 1.14 bits per heavy atom. The smallest absolute Gasteiger partial charge is 0.233 e. The Labute approximate surface area is 179 Å². The van der Waals surface area contributed by atoms with Gasteiger partial charge in [0, 0.05) is 19.3 Å². The first-order valence-electron chi connectivity index (χ1n) is 10.1. The van der Waals surface area contributed by atoms with Gasteiger partial charge < -0.3 is 14.7 Å². The summed E-state index contributed by atoms with van der Waals surface area (Å²) >= 11 is 3.40. The van der Waals surface area contributed by atoms with Gasteiger partial charge in [0.2, 0.25) is 5.91 Å². The number of hydrogen-bond acceptors (Lipinski definition) is 5. The maximum atomic E-state index is 13.4. The number of aliphatic hydroxyl groups is 1. The third-order valence-corrected chi connectivity index (χ3v) is 6.83. The van der Waals surface area contributed by atoms with Crippen LogP contribution in [0.25, 0.3) is 0 Å². The molecule has 1 amide bonds. The van der Waals surface area contributed by atoms with Crippen molar-refractivity contribution in [1.29, 1.82) is 0 Å². The molecule has 0 unspecified atom stereocenters. The van der Waals surface area contributed by atoms with Gasteiger partial charge in [0.1, 0.15) is 17.0 Å². The first-order chi connectivity index (χ1) is 13.7. The highest BCUT2D eigenvalue weighted by molar-refractivity contribution is 9.10. The minimum absolute atomic E-state index is 0.119. The van der Waals surface area contributed by atoms with E-state index >= 15 is 0 Å². The summed E-state index contributed by atoms with van der Waals surface area (Å²) in [6.07, 6.45) is 3.29. The van der Waals surface area contributed by atoms with Crippen molar-refractivity contribution < 1.29 is 14.6 Å². The number of carbonyl (C=O) groups excluding carboxylic acids is 1. The summed E-state index contributed by atoms with van der Waals surface area (Å²) in [5.41, 5.74) is 0.196. The number of anilines is 1. The number of amides is 1. The first kappa shape index (κ1) is 20.3. The quantitative estimate of drug-likeness (QED) is 0.750. The molecular formula is C21H27BrN4O3. The van der Waals surface area contributed by atoms with Gasteiger partial charge in [-0.2, -0.15) is 0 Å². The highest BCUT2D eigenvalue weighted by Gasteiger charge is 2.53. The molecule has 1 saturated carbocycles. The van der Waals surface area contributed by atoms with Crippen LogP contribution in [-0.2, 0) is 17.4 Å². The van der Waals surface area contributed by atoms with Gasteiger partial charge in [-0.15, -0.1) is 5.10 Å². The van der Waals surface area contributed by atoms with Gasteiger partial charge in [-0.05, 0) is 86.1 Å². The maximum absolute atomic E-state index is 13.4. The van der Waals surface area contributed by atoms with Gasteiger partial charge in [-0.25, -0.2) is 4.68 Å². The van der Waals surface area contributed by atoms with Crippen molar-refractivity contribution in [3.63, 3.8) is 0 Å². The standard InChI is InChI=1S/C21H27BrN4O3/c1-14(2)29-16-6-4-15(5-7-16)26-13-12-20(19(26)27)8-10-21(28,11-9-20)17-18(22)23-24-25(17)3/h4-7,14,28H,8-13H2,1-3H3/t20-,21-. The fraction of sp³-hybridized carbons (Fsp3) is 0.571. The minimum Gasteiger partial charge on any atom is -0.491 e. The molecule has 1 aromatic heterocycles. The van der Waals surface area contributed by atoms with Gasteiger partial charge >= 0.3 is 0 Å². The van der Waals surface area contributed by atoms with Crippen molar-refractivity contribution in [1.82, 2.24) is 15.0 Å². The molecule has 0 atom stereocenters. The van der Waals surface area contributed by atoms with Crippen LogP contribution in [0.1, 0.15) is 51.6 Å². The Kier molecular flexibility index (Phi) is 5.19. The number of aromatic nitrogens is 3. The molecule has 29 heavy (non-hydrogen) atoms. The van der Waals surface area contributed by atoms with Gasteiger partial charge in [-0.1, -0.05) is 5.21 Å². The molecule has 1 N–H and O–H groups in total. The maximum Gasteiger partial charge on any atom is 0.233 e. The van der Waals surface area contributed by atoms with Crippen molar-refractivity contribution in [2.45, 2.75) is 57.7 Å². The van der Waals surface area contributed by atoms with Crippen LogP contribution < -0.4 is 9.64 Å². The summed E-state index contributed by atoms with van der Waals surface area (Å²) in [6, 6.07) is 7.73. The van der Waals surface area contributed by atoms with E-state index in [9.17, 15) is 9.90 Å². The van der Waals surface area contributed by atoms with Crippen LogP contribution in [0.4, 0.5) is 5.69 Å². The van der Waals surface area contributed by atoms with Crippen LogP contribution in [0.2, 0.25) is 0 Å². The van der Waals surface area contributed by atoms with E-state index in [-0.39, 0.29) is 12.0 Å². The number of rotatable bonds is 4. The number of carbonyl (C=O) groups is 1. The third kappa shape index (κ3) is 3.57. The Morgan fingerprint density at radius 2 is 1.79 bits per heavy atom. The van der Waals surface area contributed by atoms with Crippen LogP contribution in [0, 0.1) is 5.41 Å². The van der Waals surface area contributed by atoms with Crippen LogP contribution >= 0.6 is 15.9 Å². The summed E-state index contributed by atoms with van der Waals surface area (Å²) in [5, 5.41) is 19.2. The number of benzene rings is 1. The zero-order chi connectivity index (χ0) is 20.8. The lowest BCUT2D eigenvalue weighted by atomic mass is 9.67. The third-order valence-electron chi connectivity index (χ3n) is 6.29. The molecule has 1 aromatic carbocycles. The second-order valence-corrected chi connectivity index (χ2v) is 9.28. The van der Waals surface area contributed by atoms with E-state index in [0.29, 0.717) is 42.5 Å². The van der Waals surface area contributed by atoms with E-state index in [1.54, 1.807) is 11.7 Å². The minimum atomic E-state index is -1.01. The average molecular weight is 463 g/mol. The molecule has 7 nitrogen and oxygen atoms in total. The number of halogens is 1. The van der Waals surface area contributed by atoms with Crippen LogP contribution in [0.3, 0.4) is 0 Å². The van der Waals surface area contributed by atoms with E-state index in [1.165, 1.54) is 0 Å². The van der Waals surface area contributed by atoms with Crippen LogP contribution in [0.5, 0.6) is 5.75 Å². The van der Waals surface area contributed by atoms with Gasteiger partial charge in [0.05, 0.1) is 11.5 Å². The Balaban J connectivity index is 1.48. The van der Waals surface area contributed by atoms with Crippen molar-refractivity contribution >= 4 is 27.5 Å². The van der Waals surface area contributed by atoms with Crippen molar-refractivity contribution in [3.8, 4) is 5.75 Å². The molecule has 1 aliphatic carbocycles. The van der Waals surface area contributed by atoms with Crippen LogP contribution in [0.15, 0.2) is 28.9 Å². The molecule has 0 radical (unpaired) electrons. The largest absolute Gasteiger partial charge is 0.491 e. The second kappa shape index (κ2) is 7.40. The zero-order valence-corrected chi connectivity index (χ0v) is 18.6. The predicted octanol–water partition coefficient (Wildman–Crippen LogP) is 3.55. The molecule has 1 aliphatic heterocycles. The summed E-state index contributed by atoms with van der Waals surface area (Å²) < 4.78 is 7.89. The fourth-order valence-electron chi connectivity index (χ4n) is 4.71. The lowest BCUT2D eigenvalue weighted by Crippen LogP contribution is -2.43. The molecule has 8 heteroatoms. The molecule has 2 fully saturated rings. The van der Waals surface area contributed by atoms with Crippen molar-refractivity contribution in [2.75, 3.05) is 11.4 Å². The molecule has 0 bridgehead atoms. The molecule has 1 spiro atoms. The van der Waals surface area contributed by atoms with Crippen molar-refractivity contribution in [2.24, 2.45) is 12.5 Å². The van der Waals surface area contributed by atoms with E-state index in [1.807, 2.05) is 43.0 Å². The molecular weight excluding hydrogens is 436 g/mol. The average Bonchev–Trinajstić information content (AvgIpc) is 3.19. The van der Waals surface area contributed by atoms with E-state index < -0.39 is 11.0 Å². The van der Waals surface area contributed by atoms with Gasteiger partial charge in [0.25, 0.3) is 0 Å². The lowest BCUT2D eigenvalue weighted by molar-refractivity contribution is -0.131. The number of nitrogens with zero attached hydrogens (tertiary/aromatic N) is 4. The van der Waals surface area contributed by atoms with Crippen molar-refractivity contribution in [3.05, 3.63) is 34.6 Å². The number of aryl methyl sites for hydroxylation is 1. The lowest BCUT2D eigenvalue weighted by Gasteiger charge is -2.40. The molecule has 2 aliphatic rings. The highest BCUT2D eigenvalue weighted by Crippen LogP contribution is 2.51. The molecule has 2 aromatic rings. The monoisotopic (exact) mass is 462 g/mol. The number of ether oxygens (including phenoxy) is 1. The predicted molar refractivity (Wildman–Crippen MR) is 113 cm³/mol. The number of hydrogen-bond donors (Lipinski definition) is 1. The second-order valence-electron chi connectivity index (χ2n) is 8.53. The summed E-state index contributed by atoms with van der Waals surface area (Å²) in [6.45, 7) is 4.69. The van der Waals surface area contributed by atoms with E-state index in [2.05, 4.69) is 26.2 Å². The van der Waals surface area contributed by atoms with E-state index in [4.69, 9.17) is 4.74 Å². The summed E-state index contributed by atoms with van der Waals surface area (Å²) in [7, 11) is 1.78. The molecule has 156 valence electrons. The van der Waals surface area contributed by atoms with Gasteiger partial charge in [-0.3, -0.25) is 4.79 Å². The highest BCUT2D eigenvalue weighted by atomic mass is 79.9. The fourth-order valence-corrected chi connectivity index (χ4v) is 5.41. The molecule has 4 rings (SSSR count). The summed E-state index contributed by atoms with van der Waals surface area (Å²) in [5.74, 6) is 0.975. The normalized spacial score (nSPS) is 27.2. The Morgan fingerprint density at radius 3 is 2.34 bits per heavy atom.